The SMILES string of the molecule is CC(C)Oc1cc(NCCS(C)=O)ncn1. The zero-order valence-corrected chi connectivity index (χ0v) is 10.6. The highest BCUT2D eigenvalue weighted by molar-refractivity contribution is 7.84. The monoisotopic (exact) mass is 243 g/mol. The molecule has 1 heterocycles. The van der Waals surface area contributed by atoms with Crippen LogP contribution in [-0.2, 0) is 10.8 Å². The molecule has 90 valence electrons. The van der Waals surface area contributed by atoms with Crippen molar-refractivity contribution < 1.29 is 8.95 Å². The lowest BCUT2D eigenvalue weighted by atomic mass is 10.5. The van der Waals surface area contributed by atoms with Crippen molar-refractivity contribution in [3.8, 4) is 5.88 Å². The Balaban J connectivity index is 2.50. The molecule has 0 amide bonds. The number of ether oxygens (including phenoxy) is 1. The van der Waals surface area contributed by atoms with Gasteiger partial charge >= 0.3 is 0 Å². The number of aromatic nitrogens is 2. The smallest absolute Gasteiger partial charge is 0.218 e. The second-order valence-corrected chi connectivity index (χ2v) is 5.17. The molecule has 0 fully saturated rings. The fraction of sp³-hybridized carbons (Fsp3) is 0.600. The topological polar surface area (TPSA) is 64.1 Å². The summed E-state index contributed by atoms with van der Waals surface area (Å²) in [4.78, 5) is 8.03. The van der Waals surface area contributed by atoms with Gasteiger partial charge in [-0.05, 0) is 13.8 Å². The van der Waals surface area contributed by atoms with E-state index in [1.54, 1.807) is 12.3 Å². The van der Waals surface area contributed by atoms with Gasteiger partial charge in [0, 0.05) is 35.4 Å². The van der Waals surface area contributed by atoms with Crippen molar-refractivity contribution in [2.24, 2.45) is 0 Å². The lowest BCUT2D eigenvalue weighted by Crippen LogP contribution is -2.12. The molecule has 0 saturated heterocycles. The van der Waals surface area contributed by atoms with Crippen molar-refractivity contribution in [3.05, 3.63) is 12.4 Å². The maximum atomic E-state index is 10.9. The summed E-state index contributed by atoms with van der Waals surface area (Å²) in [5.41, 5.74) is 0. The van der Waals surface area contributed by atoms with Gasteiger partial charge in [0.1, 0.15) is 12.1 Å². The first-order valence-electron chi connectivity index (χ1n) is 5.10. The molecule has 0 spiro atoms. The number of anilines is 1. The minimum Gasteiger partial charge on any atom is -0.475 e. The average Bonchev–Trinajstić information content (AvgIpc) is 2.16. The Morgan fingerprint density at radius 2 is 2.25 bits per heavy atom. The summed E-state index contributed by atoms with van der Waals surface area (Å²) in [6.45, 7) is 4.51. The molecule has 0 aliphatic heterocycles. The Hall–Kier alpha value is -1.17. The van der Waals surface area contributed by atoms with Crippen LogP contribution < -0.4 is 10.1 Å². The van der Waals surface area contributed by atoms with Crippen molar-refractivity contribution in [2.45, 2.75) is 20.0 Å². The molecule has 1 aromatic rings. The standard InChI is InChI=1S/C10H17N3O2S/c1-8(2)15-10-6-9(12-7-13-10)11-4-5-16(3)14/h6-8H,4-5H2,1-3H3,(H,11,12,13). The summed E-state index contributed by atoms with van der Waals surface area (Å²) in [5.74, 6) is 1.84. The molecule has 0 aliphatic rings. The van der Waals surface area contributed by atoms with E-state index < -0.39 is 10.8 Å². The third kappa shape index (κ3) is 5.06. The van der Waals surface area contributed by atoms with Crippen molar-refractivity contribution >= 4 is 16.6 Å². The van der Waals surface area contributed by atoms with Crippen LogP contribution in [0.25, 0.3) is 0 Å². The normalized spacial score (nSPS) is 12.5. The van der Waals surface area contributed by atoms with Crippen LogP contribution >= 0.6 is 0 Å². The molecule has 0 bridgehead atoms. The minimum absolute atomic E-state index is 0.0888. The largest absolute Gasteiger partial charge is 0.475 e. The molecule has 5 nitrogen and oxygen atoms in total. The Kier molecular flexibility index (Phi) is 5.18. The molecule has 0 aliphatic carbocycles. The van der Waals surface area contributed by atoms with Crippen LogP contribution in [0.5, 0.6) is 5.88 Å². The Bertz CT molecular complexity index is 358. The summed E-state index contributed by atoms with van der Waals surface area (Å²) in [5, 5.41) is 3.07. The van der Waals surface area contributed by atoms with E-state index in [1.807, 2.05) is 13.8 Å². The third-order valence-corrected chi connectivity index (χ3v) is 2.47. The molecule has 1 atom stereocenters. The molecule has 0 aromatic carbocycles. The van der Waals surface area contributed by atoms with E-state index in [9.17, 15) is 4.21 Å². The average molecular weight is 243 g/mol. The van der Waals surface area contributed by atoms with E-state index in [4.69, 9.17) is 4.74 Å². The highest BCUT2D eigenvalue weighted by atomic mass is 32.2. The van der Waals surface area contributed by atoms with E-state index in [0.717, 1.165) is 0 Å². The summed E-state index contributed by atoms with van der Waals surface area (Å²) < 4.78 is 16.3. The van der Waals surface area contributed by atoms with Gasteiger partial charge in [-0.1, -0.05) is 0 Å². The quantitative estimate of drug-likeness (QED) is 0.809. The van der Waals surface area contributed by atoms with Crippen molar-refractivity contribution in [3.63, 3.8) is 0 Å². The fourth-order valence-electron chi connectivity index (χ4n) is 1.06. The second kappa shape index (κ2) is 6.42. The molecule has 1 aromatic heterocycles. The third-order valence-electron chi connectivity index (χ3n) is 1.69. The molecule has 1 rings (SSSR count). The predicted octanol–water partition coefficient (Wildman–Crippen LogP) is 1.05. The lowest BCUT2D eigenvalue weighted by molar-refractivity contribution is 0.232. The predicted molar refractivity (Wildman–Crippen MR) is 65.2 cm³/mol. The van der Waals surface area contributed by atoms with Gasteiger partial charge in [-0.2, -0.15) is 0 Å². The highest BCUT2D eigenvalue weighted by Gasteiger charge is 2.01. The van der Waals surface area contributed by atoms with Gasteiger partial charge in [-0.15, -0.1) is 0 Å². The van der Waals surface area contributed by atoms with Crippen LogP contribution in [-0.4, -0.2) is 38.8 Å². The first-order chi connectivity index (χ1) is 7.58. The van der Waals surface area contributed by atoms with Gasteiger partial charge in [-0.3, -0.25) is 4.21 Å². The number of nitrogens with zero attached hydrogens (tertiary/aromatic N) is 2. The molecule has 16 heavy (non-hydrogen) atoms. The van der Waals surface area contributed by atoms with Crippen LogP contribution in [0.2, 0.25) is 0 Å². The van der Waals surface area contributed by atoms with Gasteiger partial charge in [0.15, 0.2) is 0 Å². The molecular formula is C10H17N3O2S. The number of rotatable bonds is 6. The maximum absolute atomic E-state index is 10.9. The van der Waals surface area contributed by atoms with Crippen LogP contribution in [0.3, 0.4) is 0 Å². The molecular weight excluding hydrogens is 226 g/mol. The highest BCUT2D eigenvalue weighted by Crippen LogP contribution is 2.11. The summed E-state index contributed by atoms with van der Waals surface area (Å²) in [7, 11) is -0.791. The van der Waals surface area contributed by atoms with E-state index >= 15 is 0 Å². The molecule has 1 unspecified atom stereocenters. The van der Waals surface area contributed by atoms with E-state index in [1.165, 1.54) is 6.33 Å². The summed E-state index contributed by atoms with van der Waals surface area (Å²) in [6.07, 6.45) is 3.21. The maximum Gasteiger partial charge on any atom is 0.218 e. The molecule has 0 saturated carbocycles. The minimum atomic E-state index is -0.791. The Morgan fingerprint density at radius 1 is 1.50 bits per heavy atom. The zero-order valence-electron chi connectivity index (χ0n) is 9.77. The number of nitrogens with one attached hydrogen (secondary N) is 1. The summed E-state index contributed by atoms with van der Waals surface area (Å²) >= 11 is 0. The zero-order chi connectivity index (χ0) is 12.0. The van der Waals surface area contributed by atoms with Crippen LogP contribution in [0.15, 0.2) is 12.4 Å². The van der Waals surface area contributed by atoms with E-state index in [2.05, 4.69) is 15.3 Å². The van der Waals surface area contributed by atoms with Gasteiger partial charge in [-0.25, -0.2) is 9.97 Å². The fourth-order valence-corrected chi connectivity index (χ4v) is 1.45. The van der Waals surface area contributed by atoms with E-state index in [-0.39, 0.29) is 6.10 Å². The van der Waals surface area contributed by atoms with Gasteiger partial charge < -0.3 is 10.1 Å². The van der Waals surface area contributed by atoms with Gasteiger partial charge in [0.25, 0.3) is 0 Å². The molecule has 1 N–H and O–H groups in total. The second-order valence-electron chi connectivity index (χ2n) is 3.61. The number of hydrogen-bond donors (Lipinski definition) is 1. The van der Waals surface area contributed by atoms with Gasteiger partial charge in [0.05, 0.1) is 6.10 Å². The van der Waals surface area contributed by atoms with Crippen molar-refractivity contribution in [2.75, 3.05) is 23.9 Å². The van der Waals surface area contributed by atoms with Crippen LogP contribution in [0.4, 0.5) is 5.82 Å². The van der Waals surface area contributed by atoms with Crippen LogP contribution in [0.1, 0.15) is 13.8 Å². The molecule has 0 radical (unpaired) electrons. The van der Waals surface area contributed by atoms with Crippen molar-refractivity contribution in [1.82, 2.24) is 9.97 Å². The summed E-state index contributed by atoms with van der Waals surface area (Å²) in [6, 6.07) is 1.73. The Morgan fingerprint density at radius 3 is 2.88 bits per heavy atom. The molecule has 6 heteroatoms. The first kappa shape index (κ1) is 12.9. The lowest BCUT2D eigenvalue weighted by Gasteiger charge is -2.09. The van der Waals surface area contributed by atoms with Gasteiger partial charge in [0.2, 0.25) is 5.88 Å². The van der Waals surface area contributed by atoms with E-state index in [0.29, 0.717) is 24.0 Å². The Labute approximate surface area is 98.1 Å². The number of hydrogen-bond acceptors (Lipinski definition) is 5. The van der Waals surface area contributed by atoms with Crippen molar-refractivity contribution in [1.29, 1.82) is 0 Å². The van der Waals surface area contributed by atoms with Crippen LogP contribution in [0, 0.1) is 0 Å². The first-order valence-corrected chi connectivity index (χ1v) is 6.83.